The van der Waals surface area contributed by atoms with Crippen LogP contribution in [0.5, 0.6) is 0 Å². The molecule has 0 saturated heterocycles. The number of carboxylic acids is 1. The quantitative estimate of drug-likeness (QED) is 0.219. The van der Waals surface area contributed by atoms with Gasteiger partial charge < -0.3 is 5.11 Å². The molecule has 2 heterocycles. The summed E-state index contributed by atoms with van der Waals surface area (Å²) in [5.41, 5.74) is -2.43. The van der Waals surface area contributed by atoms with Crippen molar-refractivity contribution < 1.29 is 41.4 Å². The van der Waals surface area contributed by atoms with E-state index in [4.69, 9.17) is 11.6 Å². The molecule has 1 amide bonds. The first-order valence-corrected chi connectivity index (χ1v) is 13.6. The summed E-state index contributed by atoms with van der Waals surface area (Å²) < 4.78 is 71.8. The van der Waals surface area contributed by atoms with Crippen LogP contribution in [0, 0.1) is 17.6 Å². The molecule has 1 aliphatic carbocycles. The van der Waals surface area contributed by atoms with Gasteiger partial charge in [-0.05, 0) is 0 Å². The minimum atomic E-state index is -5.05. The molecule has 1 saturated carbocycles. The Morgan fingerprint density at radius 2 is 1.73 bits per heavy atom. The van der Waals surface area contributed by atoms with E-state index in [2.05, 4.69) is 10.1 Å². The Balaban J connectivity index is 1.73. The van der Waals surface area contributed by atoms with Gasteiger partial charge in [0.1, 0.15) is 0 Å². The Labute approximate surface area is 244 Å². The predicted molar refractivity (Wildman–Crippen MR) is 136 cm³/mol. The van der Waals surface area contributed by atoms with Gasteiger partial charge in [-0.3, -0.25) is 4.79 Å². The van der Waals surface area contributed by atoms with Gasteiger partial charge in [-0.1, -0.05) is 0 Å². The van der Waals surface area contributed by atoms with Crippen LogP contribution in [0.3, 0.4) is 0 Å². The van der Waals surface area contributed by atoms with Crippen molar-refractivity contribution in [2.45, 2.75) is 44.4 Å². The molecule has 1 fully saturated rings. The van der Waals surface area contributed by atoms with Gasteiger partial charge in [0.25, 0.3) is 0 Å². The third-order valence-electron chi connectivity index (χ3n) is 6.76. The number of aliphatic carboxylic acids is 1. The average Bonchev–Trinajstić information content (AvgIpc) is 3.33. The number of nitrogens with zero attached hydrogens (tertiary/aromatic N) is 4. The molecule has 4 rings (SSSR count). The van der Waals surface area contributed by atoms with Gasteiger partial charge in [0.15, 0.2) is 0 Å². The number of aromatic nitrogens is 3. The number of carbonyl (C=O) groups is 3. The first-order valence-electron chi connectivity index (χ1n) is 12.2. The zero-order valence-corrected chi connectivity index (χ0v) is 23.7. The summed E-state index contributed by atoms with van der Waals surface area (Å²) in [5, 5.41) is 13.1. The number of pyridine rings is 1. The fourth-order valence-corrected chi connectivity index (χ4v) is 5.93. The minimum absolute atomic E-state index is 0.00872. The zero-order chi connectivity index (χ0) is 30.1. The molecule has 216 valence electrons. The fraction of sp³-hybridized carbons (Fsp3) is 0.346. The normalized spacial score (nSPS) is 17.3. The Bertz CT molecular complexity index is 1450. The molecular weight excluding hydrogens is 638 g/mol. The van der Waals surface area contributed by atoms with Crippen molar-refractivity contribution >= 4 is 50.6 Å². The molecule has 8 nitrogen and oxygen atoms in total. The number of halogens is 6. The third kappa shape index (κ3) is 6.95. The summed E-state index contributed by atoms with van der Waals surface area (Å²) in [5.74, 6) is -5.71. The summed E-state index contributed by atoms with van der Waals surface area (Å²) >= 11 is 8.16. The number of rotatable bonds is 8. The van der Waals surface area contributed by atoms with Gasteiger partial charge >= 0.3 is 228 Å². The van der Waals surface area contributed by atoms with E-state index in [1.54, 1.807) is 0 Å². The molecule has 3 aromatic rings. The van der Waals surface area contributed by atoms with E-state index in [0.717, 1.165) is 23.2 Å². The average molecular weight is 659 g/mol. The van der Waals surface area contributed by atoms with Crippen molar-refractivity contribution in [2.75, 3.05) is 6.54 Å². The Morgan fingerprint density at radius 1 is 1.10 bits per heavy atom. The standard InChI is InChI=1S/C26H21AsClF5N4O4/c27-23-21(19(28)5-6-34-23)20(38)12-36(11-13-7-15(29)9-16(30)8-13)24(39)18-10-35-37(22(18)26(31,32)33)17-3-1-14(2-4-17)25(40)41/h5-10,14,17H,1-4,11-12H2,(H,40,41). The van der Waals surface area contributed by atoms with Gasteiger partial charge in [-0.15, -0.1) is 0 Å². The molecule has 0 bridgehead atoms. The number of ketones is 1. The second-order valence-corrected chi connectivity index (χ2v) is 10.8. The Hall–Kier alpha value is -3.31. The van der Waals surface area contributed by atoms with E-state index in [1.165, 1.54) is 12.3 Å². The Kier molecular flexibility index (Phi) is 9.18. The van der Waals surface area contributed by atoms with E-state index in [1.807, 2.05) is 16.9 Å². The summed E-state index contributed by atoms with van der Waals surface area (Å²) in [4.78, 5) is 42.8. The second-order valence-electron chi connectivity index (χ2n) is 9.55. The van der Waals surface area contributed by atoms with E-state index in [-0.39, 0.29) is 46.3 Å². The number of hydrogen-bond acceptors (Lipinski definition) is 5. The zero-order valence-electron chi connectivity index (χ0n) is 21.0. The molecule has 0 aliphatic heterocycles. The van der Waals surface area contributed by atoms with E-state index >= 15 is 0 Å². The van der Waals surface area contributed by atoms with Gasteiger partial charge in [-0.2, -0.15) is 0 Å². The fourth-order valence-electron chi connectivity index (χ4n) is 4.88. The summed E-state index contributed by atoms with van der Waals surface area (Å²) in [6.07, 6.45) is -2.52. The van der Waals surface area contributed by atoms with Crippen molar-refractivity contribution in [3.05, 3.63) is 75.7 Å². The number of carboxylic acid groups (broad SMARTS) is 1. The molecule has 41 heavy (non-hydrogen) atoms. The summed E-state index contributed by atoms with van der Waals surface area (Å²) in [7, 11) is 0. The van der Waals surface area contributed by atoms with E-state index < -0.39 is 71.8 Å². The van der Waals surface area contributed by atoms with Crippen LogP contribution in [0.15, 0.2) is 36.7 Å². The van der Waals surface area contributed by atoms with Gasteiger partial charge in [0.2, 0.25) is 0 Å². The molecule has 0 unspecified atom stereocenters. The van der Waals surface area contributed by atoms with Gasteiger partial charge in [0.05, 0.1) is 5.92 Å². The number of carbonyl (C=O) groups excluding carboxylic acids is 2. The summed E-state index contributed by atoms with van der Waals surface area (Å²) in [6.45, 7) is -1.41. The van der Waals surface area contributed by atoms with Crippen molar-refractivity contribution in [2.24, 2.45) is 5.92 Å². The number of alkyl halides is 3. The Morgan fingerprint density at radius 3 is 2.29 bits per heavy atom. The second kappa shape index (κ2) is 12.3. The van der Waals surface area contributed by atoms with Crippen LogP contribution in [0.2, 0.25) is 5.02 Å². The van der Waals surface area contributed by atoms with Crippen LogP contribution in [0.25, 0.3) is 0 Å². The maximum atomic E-state index is 14.4. The van der Waals surface area contributed by atoms with Gasteiger partial charge in [-0.25, -0.2) is 0 Å². The molecule has 1 N–H and O–H groups in total. The molecule has 2 radical (unpaired) electrons. The first kappa shape index (κ1) is 30.6. The third-order valence-corrected chi connectivity index (χ3v) is 7.79. The number of hydrogen-bond donors (Lipinski definition) is 1. The van der Waals surface area contributed by atoms with Crippen molar-refractivity contribution in [1.29, 1.82) is 0 Å². The number of Topliss-reactive ketones (excluding diaryl/α,β-unsaturated/α-hetero) is 1. The number of benzene rings is 1. The van der Waals surface area contributed by atoms with Crippen LogP contribution in [0.1, 0.15) is 63.7 Å². The van der Waals surface area contributed by atoms with Crippen LogP contribution in [-0.2, 0) is 17.5 Å². The van der Waals surface area contributed by atoms with Crippen molar-refractivity contribution in [3.8, 4) is 0 Å². The van der Waals surface area contributed by atoms with Crippen LogP contribution >= 0.6 is 11.6 Å². The van der Waals surface area contributed by atoms with Crippen LogP contribution < -0.4 is 4.48 Å². The predicted octanol–water partition coefficient (Wildman–Crippen LogP) is 4.36. The first-order chi connectivity index (χ1) is 19.3. The molecule has 0 spiro atoms. The van der Waals surface area contributed by atoms with E-state index in [9.17, 15) is 41.4 Å². The van der Waals surface area contributed by atoms with E-state index in [0.29, 0.717) is 10.7 Å². The number of amides is 1. The molecule has 2 aromatic heterocycles. The van der Waals surface area contributed by atoms with Crippen molar-refractivity contribution in [3.63, 3.8) is 0 Å². The molecular formula is C26H21AsClF5N4O4. The molecule has 1 aliphatic rings. The van der Waals surface area contributed by atoms with Crippen molar-refractivity contribution in [1.82, 2.24) is 19.7 Å². The van der Waals surface area contributed by atoms with Crippen LogP contribution in [0.4, 0.5) is 22.0 Å². The molecule has 15 heteroatoms. The van der Waals surface area contributed by atoms with Gasteiger partial charge in [0, 0.05) is 0 Å². The SMILES string of the molecule is O=C(CN(Cc1cc(F)cc(F)c1)C(=O)c1cnn(C2CCC(C(=O)O)CC2)c1C(F)(F)F)c1c(Cl)ccnc1[As]. The molecule has 0 atom stereocenters. The van der Waals surface area contributed by atoms with Crippen LogP contribution in [-0.4, -0.2) is 65.8 Å². The molecule has 1 aromatic carbocycles. The summed E-state index contributed by atoms with van der Waals surface area (Å²) in [6, 6.07) is 2.88. The topological polar surface area (TPSA) is 105 Å². The maximum absolute atomic E-state index is 14.4. The monoisotopic (exact) mass is 658 g/mol.